The zero-order valence-electron chi connectivity index (χ0n) is 10.1. The minimum absolute atomic E-state index is 0.658. The topological polar surface area (TPSA) is 0 Å². The molecule has 0 N–H and O–H groups in total. The normalized spacial score (nSPS) is 26.5. The standard InChI is InChI=1S/C13H26/c1-6-7-10(2)11(3)12-8-13(4,5)9-12/h10-12H,6-9H2,1-5H3. The van der Waals surface area contributed by atoms with E-state index >= 15 is 0 Å². The van der Waals surface area contributed by atoms with E-state index in [1.54, 1.807) is 0 Å². The molecule has 0 amide bonds. The van der Waals surface area contributed by atoms with Gasteiger partial charge >= 0.3 is 0 Å². The fraction of sp³-hybridized carbons (Fsp3) is 1.00. The maximum Gasteiger partial charge on any atom is -0.0349 e. The fourth-order valence-electron chi connectivity index (χ4n) is 2.91. The Morgan fingerprint density at radius 1 is 1.23 bits per heavy atom. The molecule has 1 aliphatic rings. The Kier molecular flexibility index (Phi) is 3.43. The summed E-state index contributed by atoms with van der Waals surface area (Å²) in [5, 5.41) is 0. The third-order valence-electron chi connectivity index (χ3n) is 4.01. The lowest BCUT2D eigenvalue weighted by Crippen LogP contribution is -2.37. The molecule has 0 bridgehead atoms. The molecule has 2 atom stereocenters. The summed E-state index contributed by atoms with van der Waals surface area (Å²) < 4.78 is 0. The molecular weight excluding hydrogens is 156 g/mol. The fourth-order valence-corrected chi connectivity index (χ4v) is 2.91. The van der Waals surface area contributed by atoms with E-state index in [9.17, 15) is 0 Å². The lowest BCUT2D eigenvalue weighted by molar-refractivity contribution is 0.0336. The first-order valence-electron chi connectivity index (χ1n) is 5.96. The van der Waals surface area contributed by atoms with Crippen molar-refractivity contribution in [3.05, 3.63) is 0 Å². The zero-order chi connectivity index (χ0) is 10.1. The summed E-state index contributed by atoms with van der Waals surface area (Å²) in [6.45, 7) is 12.0. The summed E-state index contributed by atoms with van der Waals surface area (Å²) in [6.07, 6.45) is 5.68. The van der Waals surface area contributed by atoms with Crippen LogP contribution in [0.1, 0.15) is 60.3 Å². The maximum absolute atomic E-state index is 2.46. The van der Waals surface area contributed by atoms with E-state index in [1.807, 2.05) is 0 Å². The highest BCUT2D eigenvalue weighted by Crippen LogP contribution is 2.50. The molecule has 0 aromatic heterocycles. The van der Waals surface area contributed by atoms with Crippen LogP contribution in [0.2, 0.25) is 0 Å². The van der Waals surface area contributed by atoms with Gasteiger partial charge in [-0.3, -0.25) is 0 Å². The summed E-state index contributed by atoms with van der Waals surface area (Å²) in [5.74, 6) is 2.91. The van der Waals surface area contributed by atoms with E-state index in [-0.39, 0.29) is 0 Å². The van der Waals surface area contributed by atoms with Crippen LogP contribution >= 0.6 is 0 Å². The van der Waals surface area contributed by atoms with Crippen molar-refractivity contribution < 1.29 is 0 Å². The lowest BCUT2D eigenvalue weighted by Gasteiger charge is -2.47. The van der Waals surface area contributed by atoms with Crippen LogP contribution in [0.25, 0.3) is 0 Å². The Bertz CT molecular complexity index is 149. The highest BCUT2D eigenvalue weighted by atomic mass is 14.4. The van der Waals surface area contributed by atoms with Crippen molar-refractivity contribution in [3.8, 4) is 0 Å². The second-order valence-corrected chi connectivity index (χ2v) is 5.96. The van der Waals surface area contributed by atoms with Crippen molar-refractivity contribution in [3.63, 3.8) is 0 Å². The van der Waals surface area contributed by atoms with Crippen LogP contribution in [-0.2, 0) is 0 Å². The van der Waals surface area contributed by atoms with Gasteiger partial charge in [0.05, 0.1) is 0 Å². The third-order valence-corrected chi connectivity index (χ3v) is 4.01. The quantitative estimate of drug-likeness (QED) is 0.600. The molecule has 1 rings (SSSR count). The second kappa shape index (κ2) is 4.02. The molecule has 1 aliphatic carbocycles. The van der Waals surface area contributed by atoms with Crippen molar-refractivity contribution >= 4 is 0 Å². The van der Waals surface area contributed by atoms with Gasteiger partial charge < -0.3 is 0 Å². The molecule has 78 valence electrons. The number of hydrogen-bond acceptors (Lipinski definition) is 0. The average molecular weight is 182 g/mol. The van der Waals surface area contributed by atoms with Crippen LogP contribution in [0.4, 0.5) is 0 Å². The van der Waals surface area contributed by atoms with Crippen LogP contribution in [-0.4, -0.2) is 0 Å². The van der Waals surface area contributed by atoms with Gasteiger partial charge in [0.1, 0.15) is 0 Å². The van der Waals surface area contributed by atoms with Gasteiger partial charge in [-0.25, -0.2) is 0 Å². The summed E-state index contributed by atoms with van der Waals surface area (Å²) in [7, 11) is 0. The van der Waals surface area contributed by atoms with Crippen LogP contribution in [0, 0.1) is 23.2 Å². The molecule has 0 saturated heterocycles. The Morgan fingerprint density at radius 3 is 2.15 bits per heavy atom. The summed E-state index contributed by atoms with van der Waals surface area (Å²) >= 11 is 0. The second-order valence-electron chi connectivity index (χ2n) is 5.96. The highest BCUT2D eigenvalue weighted by molar-refractivity contribution is 4.90. The van der Waals surface area contributed by atoms with Crippen LogP contribution in [0.3, 0.4) is 0 Å². The van der Waals surface area contributed by atoms with Gasteiger partial charge in [-0.15, -0.1) is 0 Å². The van der Waals surface area contributed by atoms with E-state index in [4.69, 9.17) is 0 Å². The van der Waals surface area contributed by atoms with Crippen molar-refractivity contribution in [2.75, 3.05) is 0 Å². The van der Waals surface area contributed by atoms with Gasteiger partial charge in [-0.2, -0.15) is 0 Å². The Morgan fingerprint density at radius 2 is 1.77 bits per heavy atom. The largest absolute Gasteiger partial charge is 0.0654 e. The molecule has 0 aliphatic heterocycles. The minimum Gasteiger partial charge on any atom is -0.0654 e. The smallest absolute Gasteiger partial charge is 0.0349 e. The van der Waals surface area contributed by atoms with Crippen molar-refractivity contribution in [2.45, 2.75) is 60.3 Å². The molecule has 0 radical (unpaired) electrons. The van der Waals surface area contributed by atoms with Gasteiger partial charge in [0.25, 0.3) is 0 Å². The van der Waals surface area contributed by atoms with E-state index in [2.05, 4.69) is 34.6 Å². The molecule has 0 aromatic rings. The van der Waals surface area contributed by atoms with Gasteiger partial charge in [0.15, 0.2) is 0 Å². The Balaban J connectivity index is 2.29. The van der Waals surface area contributed by atoms with E-state index < -0.39 is 0 Å². The Hall–Kier alpha value is 0. The molecule has 0 heterocycles. The lowest BCUT2D eigenvalue weighted by atomic mass is 9.58. The summed E-state index contributed by atoms with van der Waals surface area (Å²) in [4.78, 5) is 0. The van der Waals surface area contributed by atoms with Gasteiger partial charge in [-0.05, 0) is 36.0 Å². The van der Waals surface area contributed by atoms with Crippen LogP contribution in [0.5, 0.6) is 0 Å². The van der Waals surface area contributed by atoms with Crippen molar-refractivity contribution in [1.29, 1.82) is 0 Å². The van der Waals surface area contributed by atoms with Crippen molar-refractivity contribution in [2.24, 2.45) is 23.2 Å². The number of rotatable bonds is 4. The monoisotopic (exact) mass is 182 g/mol. The highest BCUT2D eigenvalue weighted by Gasteiger charge is 2.39. The predicted molar refractivity (Wildman–Crippen MR) is 59.7 cm³/mol. The summed E-state index contributed by atoms with van der Waals surface area (Å²) in [5.41, 5.74) is 0.658. The first-order chi connectivity index (χ1) is 5.96. The van der Waals surface area contributed by atoms with E-state index in [0.717, 1.165) is 17.8 Å². The molecule has 0 spiro atoms. The van der Waals surface area contributed by atoms with E-state index in [1.165, 1.54) is 25.7 Å². The third kappa shape index (κ3) is 2.72. The van der Waals surface area contributed by atoms with Crippen molar-refractivity contribution in [1.82, 2.24) is 0 Å². The minimum atomic E-state index is 0.658. The molecule has 0 aromatic carbocycles. The SMILES string of the molecule is CCCC(C)C(C)C1CC(C)(C)C1. The molecule has 2 unspecified atom stereocenters. The van der Waals surface area contributed by atoms with Gasteiger partial charge in [0, 0.05) is 0 Å². The van der Waals surface area contributed by atoms with Crippen LogP contribution < -0.4 is 0 Å². The number of hydrogen-bond donors (Lipinski definition) is 0. The molecule has 0 heteroatoms. The average Bonchev–Trinajstić information content (AvgIpc) is 1.99. The molecular formula is C13H26. The van der Waals surface area contributed by atoms with E-state index in [0.29, 0.717) is 5.41 Å². The van der Waals surface area contributed by atoms with Gasteiger partial charge in [-0.1, -0.05) is 47.5 Å². The van der Waals surface area contributed by atoms with Crippen LogP contribution in [0.15, 0.2) is 0 Å². The molecule has 0 nitrogen and oxygen atoms in total. The molecule has 1 fully saturated rings. The van der Waals surface area contributed by atoms with Gasteiger partial charge in [0.2, 0.25) is 0 Å². The summed E-state index contributed by atoms with van der Waals surface area (Å²) in [6, 6.07) is 0. The molecule has 1 saturated carbocycles. The zero-order valence-corrected chi connectivity index (χ0v) is 10.1. The first kappa shape index (κ1) is 11.1. The molecule has 13 heavy (non-hydrogen) atoms. The first-order valence-corrected chi connectivity index (χ1v) is 5.96. The Labute approximate surface area is 84.1 Å². The maximum atomic E-state index is 2.46. The predicted octanol–water partition coefficient (Wildman–Crippen LogP) is 4.49.